The summed E-state index contributed by atoms with van der Waals surface area (Å²) >= 11 is 0. The predicted octanol–water partition coefficient (Wildman–Crippen LogP) is 1.46. The van der Waals surface area contributed by atoms with Crippen LogP contribution < -0.4 is 0 Å². The van der Waals surface area contributed by atoms with Crippen LogP contribution in [0.3, 0.4) is 0 Å². The van der Waals surface area contributed by atoms with E-state index in [0.29, 0.717) is 0 Å². The molecule has 0 unspecified atom stereocenters. The second kappa shape index (κ2) is 4.33. The molecule has 1 fully saturated rings. The number of hydrogen-bond acceptors (Lipinski definition) is 3. The molecule has 0 spiro atoms. The number of likely N-dealkylation sites (tertiary alicyclic amines) is 1. The summed E-state index contributed by atoms with van der Waals surface area (Å²) < 4.78 is 0. The summed E-state index contributed by atoms with van der Waals surface area (Å²) in [6.45, 7) is 3.44. The largest absolute Gasteiger partial charge is 0.298 e. The lowest BCUT2D eigenvalue weighted by molar-refractivity contribution is 0.218. The van der Waals surface area contributed by atoms with E-state index >= 15 is 0 Å². The molecule has 1 aliphatic rings. The van der Waals surface area contributed by atoms with Crippen molar-refractivity contribution in [3.8, 4) is 0 Å². The standard InChI is InChI=1S/C10H15N3/c1-2-6-13(7-3-1)8-10-4-5-11-9-12-10/h4-5,9H,1-3,6-8H2. The van der Waals surface area contributed by atoms with Crippen molar-refractivity contribution in [2.24, 2.45) is 0 Å². The first-order chi connectivity index (χ1) is 6.45. The van der Waals surface area contributed by atoms with Crippen LogP contribution in [0.1, 0.15) is 25.0 Å². The van der Waals surface area contributed by atoms with Crippen LogP contribution >= 0.6 is 0 Å². The predicted molar refractivity (Wildman–Crippen MR) is 51.2 cm³/mol. The van der Waals surface area contributed by atoms with Crippen LogP contribution in [-0.2, 0) is 6.54 Å². The van der Waals surface area contributed by atoms with Gasteiger partial charge in [0.2, 0.25) is 0 Å². The van der Waals surface area contributed by atoms with E-state index in [1.807, 2.05) is 12.3 Å². The third-order valence-corrected chi connectivity index (χ3v) is 2.48. The maximum absolute atomic E-state index is 4.22. The molecule has 3 nitrogen and oxygen atoms in total. The van der Waals surface area contributed by atoms with Crippen molar-refractivity contribution in [3.05, 3.63) is 24.3 Å². The van der Waals surface area contributed by atoms with Crippen molar-refractivity contribution >= 4 is 0 Å². The molecule has 0 bridgehead atoms. The number of piperidine rings is 1. The van der Waals surface area contributed by atoms with Gasteiger partial charge in [0.15, 0.2) is 0 Å². The zero-order valence-corrected chi connectivity index (χ0v) is 7.82. The van der Waals surface area contributed by atoms with Crippen molar-refractivity contribution in [2.75, 3.05) is 13.1 Å². The van der Waals surface area contributed by atoms with Gasteiger partial charge in [-0.25, -0.2) is 9.97 Å². The molecule has 0 saturated carbocycles. The van der Waals surface area contributed by atoms with E-state index in [1.54, 1.807) is 6.33 Å². The SMILES string of the molecule is c1cc(CN2CCCCC2)ncn1. The Morgan fingerprint density at radius 2 is 2.08 bits per heavy atom. The summed E-state index contributed by atoms with van der Waals surface area (Å²) in [5, 5.41) is 0. The number of nitrogens with zero attached hydrogens (tertiary/aromatic N) is 3. The minimum Gasteiger partial charge on any atom is -0.298 e. The first kappa shape index (κ1) is 8.63. The van der Waals surface area contributed by atoms with Gasteiger partial charge in [0, 0.05) is 12.7 Å². The third-order valence-electron chi connectivity index (χ3n) is 2.48. The second-order valence-corrected chi connectivity index (χ2v) is 3.54. The summed E-state index contributed by atoms with van der Waals surface area (Å²) in [6.07, 6.45) is 7.50. The molecule has 0 N–H and O–H groups in total. The van der Waals surface area contributed by atoms with E-state index in [0.717, 1.165) is 12.2 Å². The van der Waals surface area contributed by atoms with Crippen molar-refractivity contribution < 1.29 is 0 Å². The molecule has 70 valence electrons. The first-order valence-electron chi connectivity index (χ1n) is 4.92. The zero-order valence-electron chi connectivity index (χ0n) is 7.82. The van der Waals surface area contributed by atoms with Crippen LogP contribution in [0.2, 0.25) is 0 Å². The number of aromatic nitrogens is 2. The average molecular weight is 177 g/mol. The van der Waals surface area contributed by atoms with Crippen LogP contribution in [0.4, 0.5) is 0 Å². The average Bonchev–Trinajstić information content (AvgIpc) is 2.21. The minimum atomic E-state index is 0.989. The van der Waals surface area contributed by atoms with Gasteiger partial charge in [-0.1, -0.05) is 6.42 Å². The van der Waals surface area contributed by atoms with Gasteiger partial charge in [0.1, 0.15) is 6.33 Å². The normalized spacial score (nSPS) is 18.8. The van der Waals surface area contributed by atoms with Crippen molar-refractivity contribution in [1.29, 1.82) is 0 Å². The fourth-order valence-electron chi connectivity index (χ4n) is 1.76. The topological polar surface area (TPSA) is 29.0 Å². The fraction of sp³-hybridized carbons (Fsp3) is 0.600. The van der Waals surface area contributed by atoms with Gasteiger partial charge in [0.25, 0.3) is 0 Å². The highest BCUT2D eigenvalue weighted by Gasteiger charge is 2.10. The Bertz CT molecular complexity index is 242. The fourth-order valence-corrected chi connectivity index (χ4v) is 1.76. The summed E-state index contributed by atoms with van der Waals surface area (Å²) in [5.41, 5.74) is 1.14. The second-order valence-electron chi connectivity index (χ2n) is 3.54. The molecule has 3 heteroatoms. The van der Waals surface area contributed by atoms with Gasteiger partial charge in [-0.05, 0) is 32.0 Å². The monoisotopic (exact) mass is 177 g/mol. The van der Waals surface area contributed by atoms with Gasteiger partial charge in [-0.2, -0.15) is 0 Å². The smallest absolute Gasteiger partial charge is 0.115 e. The molecule has 0 atom stereocenters. The maximum atomic E-state index is 4.22. The van der Waals surface area contributed by atoms with E-state index < -0.39 is 0 Å². The quantitative estimate of drug-likeness (QED) is 0.685. The highest BCUT2D eigenvalue weighted by atomic mass is 15.1. The Morgan fingerprint density at radius 1 is 1.23 bits per heavy atom. The summed E-state index contributed by atoms with van der Waals surface area (Å²) in [4.78, 5) is 10.6. The Balaban J connectivity index is 1.90. The Hall–Kier alpha value is -0.960. The van der Waals surface area contributed by atoms with Crippen LogP contribution in [0.15, 0.2) is 18.6 Å². The van der Waals surface area contributed by atoms with E-state index in [9.17, 15) is 0 Å². The Kier molecular flexibility index (Phi) is 2.87. The summed E-state index contributed by atoms with van der Waals surface area (Å²) in [5.74, 6) is 0. The molecular formula is C10H15N3. The summed E-state index contributed by atoms with van der Waals surface area (Å²) in [6, 6.07) is 1.99. The van der Waals surface area contributed by atoms with Crippen LogP contribution in [0.5, 0.6) is 0 Å². The molecule has 1 aromatic rings. The van der Waals surface area contributed by atoms with Gasteiger partial charge >= 0.3 is 0 Å². The van der Waals surface area contributed by atoms with E-state index in [-0.39, 0.29) is 0 Å². The van der Waals surface area contributed by atoms with E-state index in [4.69, 9.17) is 0 Å². The van der Waals surface area contributed by atoms with E-state index in [2.05, 4.69) is 14.9 Å². The molecular weight excluding hydrogens is 162 g/mol. The van der Waals surface area contributed by atoms with Gasteiger partial charge in [-0.3, -0.25) is 4.90 Å². The van der Waals surface area contributed by atoms with Crippen molar-refractivity contribution in [3.63, 3.8) is 0 Å². The van der Waals surface area contributed by atoms with Crippen LogP contribution in [0, 0.1) is 0 Å². The summed E-state index contributed by atoms with van der Waals surface area (Å²) in [7, 11) is 0. The molecule has 2 rings (SSSR count). The Labute approximate surface area is 78.8 Å². The molecule has 1 saturated heterocycles. The van der Waals surface area contributed by atoms with E-state index in [1.165, 1.54) is 32.4 Å². The molecule has 1 aromatic heterocycles. The molecule has 0 aromatic carbocycles. The van der Waals surface area contributed by atoms with Gasteiger partial charge in [0.05, 0.1) is 5.69 Å². The van der Waals surface area contributed by atoms with Gasteiger partial charge in [-0.15, -0.1) is 0 Å². The van der Waals surface area contributed by atoms with Crippen molar-refractivity contribution in [1.82, 2.24) is 14.9 Å². The molecule has 0 aliphatic carbocycles. The minimum absolute atomic E-state index is 0.989. The van der Waals surface area contributed by atoms with Gasteiger partial charge < -0.3 is 0 Å². The molecule has 13 heavy (non-hydrogen) atoms. The first-order valence-corrected chi connectivity index (χ1v) is 4.92. The highest BCUT2D eigenvalue weighted by Crippen LogP contribution is 2.10. The highest BCUT2D eigenvalue weighted by molar-refractivity contribution is 4.97. The van der Waals surface area contributed by atoms with Crippen LogP contribution in [-0.4, -0.2) is 28.0 Å². The molecule has 2 heterocycles. The lowest BCUT2D eigenvalue weighted by atomic mass is 10.1. The molecule has 0 amide bonds. The van der Waals surface area contributed by atoms with Crippen LogP contribution in [0.25, 0.3) is 0 Å². The van der Waals surface area contributed by atoms with Crippen molar-refractivity contribution in [2.45, 2.75) is 25.8 Å². The molecule has 0 radical (unpaired) electrons. The third kappa shape index (κ3) is 2.49. The number of hydrogen-bond donors (Lipinski definition) is 0. The zero-order chi connectivity index (χ0) is 8.93. The lowest BCUT2D eigenvalue weighted by Crippen LogP contribution is -2.29. The Morgan fingerprint density at radius 3 is 2.77 bits per heavy atom. The maximum Gasteiger partial charge on any atom is 0.115 e. The lowest BCUT2D eigenvalue weighted by Gasteiger charge is -2.25. The number of rotatable bonds is 2. The molecule has 1 aliphatic heterocycles.